The Balaban J connectivity index is 2.30. The fraction of sp³-hybridized carbons (Fsp3) is 0.500. The van der Waals surface area contributed by atoms with Gasteiger partial charge in [-0.05, 0) is 37.9 Å². The molecule has 2 heterocycles. The van der Waals surface area contributed by atoms with Gasteiger partial charge in [-0.2, -0.15) is 0 Å². The Morgan fingerprint density at radius 2 is 2.38 bits per heavy atom. The summed E-state index contributed by atoms with van der Waals surface area (Å²) in [5, 5.41) is 3.40. The van der Waals surface area contributed by atoms with Crippen molar-refractivity contribution in [3.05, 3.63) is 33.7 Å². The van der Waals surface area contributed by atoms with E-state index < -0.39 is 0 Å². The Kier molecular flexibility index (Phi) is 2.19. The molecule has 1 saturated heterocycles. The highest BCUT2D eigenvalue weighted by molar-refractivity contribution is 5.20. The van der Waals surface area contributed by atoms with Gasteiger partial charge in [-0.3, -0.25) is 4.79 Å². The number of aryl methyl sites for hydroxylation is 1. The molecule has 0 saturated carbocycles. The molecular weight excluding hydrogens is 164 g/mol. The summed E-state index contributed by atoms with van der Waals surface area (Å²) < 4.78 is 0. The highest BCUT2D eigenvalue weighted by Crippen LogP contribution is 2.21. The van der Waals surface area contributed by atoms with Crippen LogP contribution in [0, 0.1) is 6.92 Å². The minimum atomic E-state index is 0.0155. The lowest BCUT2D eigenvalue weighted by Gasteiger charge is -2.09. The van der Waals surface area contributed by atoms with Gasteiger partial charge in [0.2, 0.25) is 0 Å². The molecule has 2 N–H and O–H groups in total. The van der Waals surface area contributed by atoms with E-state index in [9.17, 15) is 4.79 Å². The van der Waals surface area contributed by atoms with Crippen molar-refractivity contribution >= 4 is 0 Å². The average molecular weight is 178 g/mol. The molecule has 2 rings (SSSR count). The molecule has 3 heteroatoms. The van der Waals surface area contributed by atoms with E-state index in [1.807, 2.05) is 19.2 Å². The van der Waals surface area contributed by atoms with Gasteiger partial charge in [-0.15, -0.1) is 0 Å². The zero-order valence-electron chi connectivity index (χ0n) is 7.76. The van der Waals surface area contributed by atoms with Crippen molar-refractivity contribution in [3.63, 3.8) is 0 Å². The minimum Gasteiger partial charge on any atom is -0.329 e. The normalized spacial score (nSPS) is 22.1. The van der Waals surface area contributed by atoms with Gasteiger partial charge in [0.05, 0.1) is 0 Å². The summed E-state index contributed by atoms with van der Waals surface area (Å²) in [6.07, 6.45) is 4.21. The van der Waals surface area contributed by atoms with Gasteiger partial charge >= 0.3 is 0 Å². The van der Waals surface area contributed by atoms with Gasteiger partial charge in [-0.25, -0.2) is 0 Å². The number of H-pyrrole nitrogens is 1. The molecule has 1 atom stereocenters. The van der Waals surface area contributed by atoms with Crippen LogP contribution in [-0.4, -0.2) is 11.5 Å². The summed E-state index contributed by atoms with van der Waals surface area (Å²) in [7, 11) is 0. The largest absolute Gasteiger partial charge is 0.329 e. The van der Waals surface area contributed by atoms with Crippen LogP contribution in [-0.2, 0) is 0 Å². The van der Waals surface area contributed by atoms with Crippen LogP contribution in [0.2, 0.25) is 0 Å². The zero-order valence-corrected chi connectivity index (χ0v) is 7.76. The number of nitrogens with one attached hydrogen (secondary N) is 2. The maximum atomic E-state index is 11.1. The van der Waals surface area contributed by atoms with Crippen molar-refractivity contribution in [2.24, 2.45) is 0 Å². The zero-order chi connectivity index (χ0) is 9.26. The summed E-state index contributed by atoms with van der Waals surface area (Å²) in [5.41, 5.74) is 2.02. The Bertz CT molecular complexity index is 350. The lowest BCUT2D eigenvalue weighted by Crippen LogP contribution is -2.16. The Morgan fingerprint density at radius 1 is 1.54 bits per heavy atom. The first-order valence-corrected chi connectivity index (χ1v) is 4.70. The van der Waals surface area contributed by atoms with Crippen LogP contribution in [0.5, 0.6) is 0 Å². The third-order valence-electron chi connectivity index (χ3n) is 2.57. The van der Waals surface area contributed by atoms with Crippen molar-refractivity contribution in [2.45, 2.75) is 25.8 Å². The van der Waals surface area contributed by atoms with Crippen LogP contribution in [0.4, 0.5) is 0 Å². The molecule has 70 valence electrons. The molecule has 1 aliphatic heterocycles. The third-order valence-corrected chi connectivity index (χ3v) is 2.57. The number of pyridine rings is 1. The first-order valence-electron chi connectivity index (χ1n) is 4.70. The summed E-state index contributed by atoms with van der Waals surface area (Å²) >= 11 is 0. The number of hydrogen-bond donors (Lipinski definition) is 2. The van der Waals surface area contributed by atoms with E-state index in [4.69, 9.17) is 0 Å². The van der Waals surface area contributed by atoms with Crippen LogP contribution < -0.4 is 10.9 Å². The summed E-state index contributed by atoms with van der Waals surface area (Å²) in [4.78, 5) is 13.9. The molecule has 0 radical (unpaired) electrons. The highest BCUT2D eigenvalue weighted by atomic mass is 16.1. The van der Waals surface area contributed by atoms with E-state index in [-0.39, 0.29) is 5.56 Å². The van der Waals surface area contributed by atoms with Gasteiger partial charge in [0.15, 0.2) is 0 Å². The van der Waals surface area contributed by atoms with Crippen molar-refractivity contribution < 1.29 is 0 Å². The predicted molar refractivity (Wildman–Crippen MR) is 51.8 cm³/mol. The topological polar surface area (TPSA) is 44.9 Å². The van der Waals surface area contributed by atoms with Crippen LogP contribution in [0.25, 0.3) is 0 Å². The summed E-state index contributed by atoms with van der Waals surface area (Å²) in [5.74, 6) is 0. The van der Waals surface area contributed by atoms with Crippen LogP contribution in [0.15, 0.2) is 17.1 Å². The highest BCUT2D eigenvalue weighted by Gasteiger charge is 2.16. The molecule has 0 aromatic carbocycles. The standard InChI is InChI=1S/C10H14N2O/c1-7-5-8(6-12-10(7)13)9-3-2-4-11-9/h5-6,9,11H,2-4H2,1H3,(H,12,13)/t9-/m0/s1. The predicted octanol–water partition coefficient (Wildman–Crippen LogP) is 1.11. The molecule has 13 heavy (non-hydrogen) atoms. The molecule has 1 aromatic rings. The number of rotatable bonds is 1. The van der Waals surface area contributed by atoms with Gasteiger partial charge < -0.3 is 10.3 Å². The second kappa shape index (κ2) is 3.34. The first-order chi connectivity index (χ1) is 6.27. The van der Waals surface area contributed by atoms with Crippen molar-refractivity contribution in [1.82, 2.24) is 10.3 Å². The monoisotopic (exact) mass is 178 g/mol. The maximum Gasteiger partial charge on any atom is 0.250 e. The molecule has 1 aromatic heterocycles. The van der Waals surface area contributed by atoms with Crippen molar-refractivity contribution in [2.75, 3.05) is 6.54 Å². The number of aromatic amines is 1. The molecule has 0 unspecified atom stereocenters. The summed E-state index contributed by atoms with van der Waals surface area (Å²) in [6.45, 7) is 2.93. The lowest BCUT2D eigenvalue weighted by atomic mass is 10.1. The van der Waals surface area contributed by atoms with E-state index in [0.29, 0.717) is 6.04 Å². The molecule has 0 aliphatic carbocycles. The average Bonchev–Trinajstić information content (AvgIpc) is 2.62. The quantitative estimate of drug-likeness (QED) is 0.676. The Morgan fingerprint density at radius 3 is 3.00 bits per heavy atom. The molecule has 1 fully saturated rings. The van der Waals surface area contributed by atoms with Gasteiger partial charge in [0, 0.05) is 17.8 Å². The second-order valence-corrected chi connectivity index (χ2v) is 3.59. The van der Waals surface area contributed by atoms with E-state index >= 15 is 0 Å². The van der Waals surface area contributed by atoms with Gasteiger partial charge in [0.1, 0.15) is 0 Å². The van der Waals surface area contributed by atoms with E-state index in [1.165, 1.54) is 18.4 Å². The van der Waals surface area contributed by atoms with E-state index in [2.05, 4.69) is 10.3 Å². The van der Waals surface area contributed by atoms with E-state index in [0.717, 1.165) is 12.1 Å². The van der Waals surface area contributed by atoms with Crippen LogP contribution >= 0.6 is 0 Å². The molecular formula is C10H14N2O. The molecule has 3 nitrogen and oxygen atoms in total. The number of hydrogen-bond acceptors (Lipinski definition) is 2. The Labute approximate surface area is 77.2 Å². The SMILES string of the molecule is Cc1cc([C@@H]2CCCN2)c[nH]c1=O. The van der Waals surface area contributed by atoms with Gasteiger partial charge in [-0.1, -0.05) is 0 Å². The first kappa shape index (κ1) is 8.51. The third kappa shape index (κ3) is 1.65. The second-order valence-electron chi connectivity index (χ2n) is 3.59. The molecule has 1 aliphatic rings. The smallest absolute Gasteiger partial charge is 0.250 e. The fourth-order valence-corrected chi connectivity index (χ4v) is 1.79. The van der Waals surface area contributed by atoms with Gasteiger partial charge in [0.25, 0.3) is 5.56 Å². The lowest BCUT2D eigenvalue weighted by molar-refractivity contribution is 0.643. The molecule has 0 amide bonds. The van der Waals surface area contributed by atoms with Crippen molar-refractivity contribution in [1.29, 1.82) is 0 Å². The molecule has 0 bridgehead atoms. The van der Waals surface area contributed by atoms with Crippen molar-refractivity contribution in [3.8, 4) is 0 Å². The minimum absolute atomic E-state index is 0.0155. The molecule has 0 spiro atoms. The van der Waals surface area contributed by atoms with E-state index in [1.54, 1.807) is 0 Å². The number of aromatic nitrogens is 1. The van der Waals surface area contributed by atoms with Crippen LogP contribution in [0.3, 0.4) is 0 Å². The van der Waals surface area contributed by atoms with Crippen LogP contribution in [0.1, 0.15) is 30.0 Å². The Hall–Kier alpha value is -1.09. The summed E-state index contributed by atoms with van der Waals surface area (Å²) in [6, 6.07) is 2.41. The maximum absolute atomic E-state index is 11.1. The fourth-order valence-electron chi connectivity index (χ4n) is 1.79.